The second kappa shape index (κ2) is 4.48. The average Bonchev–Trinajstić information content (AvgIpc) is 2.27. The Morgan fingerprint density at radius 1 is 1.47 bits per heavy atom. The van der Waals surface area contributed by atoms with Crippen LogP contribution in [0.5, 0.6) is 0 Å². The third-order valence-corrected chi connectivity index (χ3v) is 4.58. The van der Waals surface area contributed by atoms with Gasteiger partial charge in [-0.1, -0.05) is 26.8 Å². The van der Waals surface area contributed by atoms with E-state index >= 15 is 0 Å². The maximum atomic E-state index is 3.52. The third kappa shape index (κ3) is 2.31. The van der Waals surface area contributed by atoms with Crippen molar-refractivity contribution >= 4 is 17.4 Å². The largest absolute Gasteiger partial charge is 0.383 e. The molecule has 1 aliphatic heterocycles. The van der Waals surface area contributed by atoms with Crippen LogP contribution in [0.15, 0.2) is 23.1 Å². The average molecular weight is 221 g/mol. The second-order valence-corrected chi connectivity index (χ2v) is 5.75. The molecule has 15 heavy (non-hydrogen) atoms. The van der Waals surface area contributed by atoms with Crippen molar-refractivity contribution in [1.29, 1.82) is 0 Å². The van der Waals surface area contributed by atoms with Crippen molar-refractivity contribution in [2.45, 2.75) is 37.3 Å². The zero-order valence-electron chi connectivity index (χ0n) is 9.71. The topological polar surface area (TPSA) is 12.0 Å². The molecule has 1 aliphatic rings. The molecule has 1 aromatic carbocycles. The van der Waals surface area contributed by atoms with Gasteiger partial charge in [0.1, 0.15) is 0 Å². The van der Waals surface area contributed by atoms with Gasteiger partial charge in [0.15, 0.2) is 0 Å². The Bertz CT molecular complexity index is 346. The van der Waals surface area contributed by atoms with Crippen LogP contribution in [-0.4, -0.2) is 11.8 Å². The van der Waals surface area contributed by atoms with Crippen LogP contribution >= 0.6 is 11.8 Å². The first kappa shape index (κ1) is 10.9. The van der Waals surface area contributed by atoms with Crippen molar-refractivity contribution in [2.24, 2.45) is 5.92 Å². The lowest BCUT2D eigenvalue weighted by Gasteiger charge is -2.28. The molecule has 0 spiro atoms. The van der Waals surface area contributed by atoms with Gasteiger partial charge < -0.3 is 5.32 Å². The summed E-state index contributed by atoms with van der Waals surface area (Å²) in [7, 11) is 0. The minimum atomic E-state index is 0.713. The standard InChI is InChI=1S/C13H19NS/c1-4-10-5-6-11-12(7-10)15-13(8-14-11)9(2)3/h5-7,9,13-14H,4,8H2,1-3H3. The van der Waals surface area contributed by atoms with E-state index in [9.17, 15) is 0 Å². The number of hydrogen-bond acceptors (Lipinski definition) is 2. The van der Waals surface area contributed by atoms with Gasteiger partial charge >= 0.3 is 0 Å². The van der Waals surface area contributed by atoms with Gasteiger partial charge in [-0.2, -0.15) is 0 Å². The van der Waals surface area contributed by atoms with E-state index < -0.39 is 0 Å². The molecule has 0 fully saturated rings. The van der Waals surface area contributed by atoms with Gasteiger partial charge in [0.2, 0.25) is 0 Å². The van der Waals surface area contributed by atoms with E-state index in [2.05, 4.69) is 44.3 Å². The first-order valence-electron chi connectivity index (χ1n) is 5.74. The zero-order chi connectivity index (χ0) is 10.8. The molecule has 0 aliphatic carbocycles. The Morgan fingerprint density at radius 3 is 2.93 bits per heavy atom. The molecule has 1 atom stereocenters. The maximum absolute atomic E-state index is 3.52. The molecule has 0 amide bonds. The van der Waals surface area contributed by atoms with E-state index in [1.807, 2.05) is 11.8 Å². The fourth-order valence-corrected chi connectivity index (χ4v) is 3.07. The van der Waals surface area contributed by atoms with E-state index in [1.54, 1.807) is 0 Å². The Kier molecular flexibility index (Phi) is 3.25. The van der Waals surface area contributed by atoms with Gasteiger partial charge in [-0.25, -0.2) is 0 Å². The quantitative estimate of drug-likeness (QED) is 0.815. The maximum Gasteiger partial charge on any atom is 0.0479 e. The molecular formula is C13H19NS. The number of thioether (sulfide) groups is 1. The van der Waals surface area contributed by atoms with Crippen molar-refractivity contribution in [3.05, 3.63) is 23.8 Å². The van der Waals surface area contributed by atoms with Crippen LogP contribution in [0.3, 0.4) is 0 Å². The van der Waals surface area contributed by atoms with Gasteiger partial charge in [0.05, 0.1) is 0 Å². The van der Waals surface area contributed by atoms with Crippen LogP contribution in [-0.2, 0) is 6.42 Å². The predicted molar refractivity (Wildman–Crippen MR) is 68.8 cm³/mol. The van der Waals surface area contributed by atoms with Crippen LogP contribution in [0.25, 0.3) is 0 Å². The molecule has 1 unspecified atom stereocenters. The molecule has 1 N–H and O–H groups in total. The van der Waals surface area contributed by atoms with Crippen molar-refractivity contribution in [3.63, 3.8) is 0 Å². The van der Waals surface area contributed by atoms with Gasteiger partial charge in [0.25, 0.3) is 0 Å². The van der Waals surface area contributed by atoms with Crippen LogP contribution in [0, 0.1) is 5.92 Å². The highest BCUT2D eigenvalue weighted by atomic mass is 32.2. The number of benzene rings is 1. The van der Waals surface area contributed by atoms with Crippen LogP contribution in [0.2, 0.25) is 0 Å². The number of anilines is 1. The van der Waals surface area contributed by atoms with Crippen molar-refractivity contribution in [3.8, 4) is 0 Å². The minimum absolute atomic E-state index is 0.713. The van der Waals surface area contributed by atoms with Gasteiger partial charge in [-0.15, -0.1) is 11.8 Å². The molecule has 0 saturated carbocycles. The number of nitrogens with one attached hydrogen (secondary N) is 1. The van der Waals surface area contributed by atoms with Crippen molar-refractivity contribution in [1.82, 2.24) is 0 Å². The van der Waals surface area contributed by atoms with Gasteiger partial charge in [0, 0.05) is 22.4 Å². The number of hydrogen-bond donors (Lipinski definition) is 1. The van der Waals surface area contributed by atoms with Crippen molar-refractivity contribution < 1.29 is 0 Å². The van der Waals surface area contributed by atoms with Crippen LogP contribution < -0.4 is 5.32 Å². The molecular weight excluding hydrogens is 202 g/mol. The van der Waals surface area contributed by atoms with Gasteiger partial charge in [-0.05, 0) is 30.0 Å². The SMILES string of the molecule is CCc1ccc2c(c1)SC(C(C)C)CN2. The lowest BCUT2D eigenvalue weighted by atomic mass is 10.1. The summed E-state index contributed by atoms with van der Waals surface area (Å²) in [6, 6.07) is 6.78. The fraction of sp³-hybridized carbons (Fsp3) is 0.538. The van der Waals surface area contributed by atoms with E-state index in [4.69, 9.17) is 0 Å². The third-order valence-electron chi connectivity index (χ3n) is 2.97. The summed E-state index contributed by atoms with van der Waals surface area (Å²) in [5.74, 6) is 0.737. The van der Waals surface area contributed by atoms with Crippen LogP contribution in [0.1, 0.15) is 26.3 Å². The van der Waals surface area contributed by atoms with E-state index in [1.165, 1.54) is 16.1 Å². The molecule has 1 aromatic rings. The molecule has 82 valence electrons. The highest BCUT2D eigenvalue weighted by Crippen LogP contribution is 2.38. The first-order chi connectivity index (χ1) is 7.20. The molecule has 0 radical (unpaired) electrons. The smallest absolute Gasteiger partial charge is 0.0479 e. The lowest BCUT2D eigenvalue weighted by Crippen LogP contribution is -2.25. The monoisotopic (exact) mass is 221 g/mol. The minimum Gasteiger partial charge on any atom is -0.383 e. The Balaban J connectivity index is 2.23. The van der Waals surface area contributed by atoms with Crippen LogP contribution in [0.4, 0.5) is 5.69 Å². The molecule has 0 bridgehead atoms. The molecule has 2 rings (SSSR count). The van der Waals surface area contributed by atoms with Crippen molar-refractivity contribution in [2.75, 3.05) is 11.9 Å². The molecule has 0 aromatic heterocycles. The Hall–Kier alpha value is -0.630. The summed E-state index contributed by atoms with van der Waals surface area (Å²) >= 11 is 2.03. The second-order valence-electron chi connectivity index (χ2n) is 4.47. The first-order valence-corrected chi connectivity index (χ1v) is 6.62. The number of aryl methyl sites for hydroxylation is 1. The lowest BCUT2D eigenvalue weighted by molar-refractivity contribution is 0.620. The summed E-state index contributed by atoms with van der Waals surface area (Å²) < 4.78 is 0. The summed E-state index contributed by atoms with van der Waals surface area (Å²) in [6.45, 7) is 7.91. The number of fused-ring (bicyclic) bond motifs is 1. The molecule has 1 nitrogen and oxygen atoms in total. The summed E-state index contributed by atoms with van der Waals surface area (Å²) in [4.78, 5) is 1.43. The summed E-state index contributed by atoms with van der Waals surface area (Å²) in [5.41, 5.74) is 2.75. The van der Waals surface area contributed by atoms with E-state index in [0.29, 0.717) is 5.25 Å². The van der Waals surface area contributed by atoms with Gasteiger partial charge in [-0.3, -0.25) is 0 Å². The van der Waals surface area contributed by atoms with E-state index in [-0.39, 0.29) is 0 Å². The Labute approximate surface area is 96.7 Å². The molecule has 2 heteroatoms. The zero-order valence-corrected chi connectivity index (χ0v) is 10.5. The predicted octanol–water partition coefficient (Wildman–Crippen LogP) is 3.79. The highest BCUT2D eigenvalue weighted by Gasteiger charge is 2.21. The van der Waals surface area contributed by atoms with E-state index in [0.717, 1.165) is 18.9 Å². The molecule has 1 heterocycles. The fourth-order valence-electron chi connectivity index (χ4n) is 1.82. The summed E-state index contributed by atoms with van der Waals surface area (Å²) in [5, 5.41) is 4.24. The molecule has 0 saturated heterocycles. The number of rotatable bonds is 2. The Morgan fingerprint density at radius 2 is 2.27 bits per heavy atom. The normalized spacial score (nSPS) is 19.9. The highest BCUT2D eigenvalue weighted by molar-refractivity contribution is 8.00. The summed E-state index contributed by atoms with van der Waals surface area (Å²) in [6.07, 6.45) is 1.13.